The molecule has 3 rings (SSSR count). The summed E-state index contributed by atoms with van der Waals surface area (Å²) in [5, 5.41) is 7.67. The lowest BCUT2D eigenvalue weighted by Gasteiger charge is -2.08. The lowest BCUT2D eigenvalue weighted by Crippen LogP contribution is -2.07. The van der Waals surface area contributed by atoms with Crippen molar-refractivity contribution in [2.75, 3.05) is 7.11 Å². The molecule has 0 unspecified atom stereocenters. The molecule has 0 amide bonds. The van der Waals surface area contributed by atoms with Crippen LogP contribution in [0.4, 0.5) is 13.2 Å². The third kappa shape index (κ3) is 3.02. The second-order valence-electron chi connectivity index (χ2n) is 4.72. The van der Waals surface area contributed by atoms with E-state index in [4.69, 9.17) is 0 Å². The fourth-order valence-corrected chi connectivity index (χ4v) is 2.67. The Hall–Kier alpha value is -2.68. The first-order chi connectivity index (χ1) is 11.4. The van der Waals surface area contributed by atoms with E-state index >= 15 is 0 Å². The normalized spacial score (nSPS) is 11.5. The van der Waals surface area contributed by atoms with Crippen LogP contribution in [0.5, 0.6) is 0 Å². The van der Waals surface area contributed by atoms with Crippen molar-refractivity contribution in [3.63, 3.8) is 0 Å². The summed E-state index contributed by atoms with van der Waals surface area (Å²) in [5.74, 6) is -0.549. The van der Waals surface area contributed by atoms with Gasteiger partial charge in [-0.1, -0.05) is 0 Å². The van der Waals surface area contributed by atoms with Gasteiger partial charge in [0.2, 0.25) is 0 Å². The topological polar surface area (TPSA) is 57.0 Å². The fraction of sp³-hybridized carbons (Fsp3) is 0.133. The van der Waals surface area contributed by atoms with Crippen LogP contribution in [-0.4, -0.2) is 27.8 Å². The fourth-order valence-electron chi connectivity index (χ4n) is 2.04. The van der Waals surface area contributed by atoms with Crippen molar-refractivity contribution in [3.8, 4) is 17.1 Å². The molecule has 2 aromatic heterocycles. The number of methoxy groups -OCH3 is 1. The second kappa shape index (κ2) is 6.08. The van der Waals surface area contributed by atoms with Crippen molar-refractivity contribution in [2.45, 2.75) is 6.18 Å². The maximum absolute atomic E-state index is 12.7. The average molecular weight is 353 g/mol. The van der Waals surface area contributed by atoms with Crippen molar-refractivity contribution in [3.05, 3.63) is 52.5 Å². The zero-order chi connectivity index (χ0) is 17.3. The van der Waals surface area contributed by atoms with E-state index < -0.39 is 17.7 Å². The van der Waals surface area contributed by atoms with E-state index in [2.05, 4.69) is 14.8 Å². The number of hydrogen-bond donors (Lipinski definition) is 0. The van der Waals surface area contributed by atoms with E-state index in [0.717, 1.165) is 12.1 Å². The monoisotopic (exact) mass is 353 g/mol. The molecule has 0 aliphatic carbocycles. The number of esters is 1. The Morgan fingerprint density at radius 3 is 2.46 bits per heavy atom. The molecule has 3 aromatic rings. The number of alkyl halides is 3. The van der Waals surface area contributed by atoms with Crippen LogP contribution in [-0.2, 0) is 10.9 Å². The third-order valence-corrected chi connectivity index (χ3v) is 3.88. The van der Waals surface area contributed by atoms with Gasteiger partial charge in [-0.25, -0.2) is 14.5 Å². The van der Waals surface area contributed by atoms with E-state index in [1.165, 1.54) is 35.3 Å². The van der Waals surface area contributed by atoms with Gasteiger partial charge in [-0.2, -0.15) is 24.5 Å². The molecule has 0 atom stereocenters. The molecule has 0 spiro atoms. The highest BCUT2D eigenvalue weighted by Gasteiger charge is 2.30. The number of hydrogen-bond acceptors (Lipinski definition) is 5. The molecule has 0 radical (unpaired) electrons. The summed E-state index contributed by atoms with van der Waals surface area (Å²) in [6, 6.07) is 6.22. The Balaban J connectivity index is 2.09. The Morgan fingerprint density at radius 1 is 1.21 bits per heavy atom. The molecular weight excluding hydrogens is 343 g/mol. The van der Waals surface area contributed by atoms with Gasteiger partial charge >= 0.3 is 12.1 Å². The van der Waals surface area contributed by atoms with Crippen LogP contribution in [0, 0.1) is 0 Å². The number of carbonyl (C=O) groups excluding carboxylic acids is 1. The number of benzene rings is 1. The Morgan fingerprint density at radius 2 is 1.92 bits per heavy atom. The van der Waals surface area contributed by atoms with Gasteiger partial charge in [-0.15, -0.1) is 5.10 Å². The van der Waals surface area contributed by atoms with Crippen molar-refractivity contribution in [1.29, 1.82) is 0 Å². The minimum absolute atomic E-state index is 0.168. The molecule has 24 heavy (non-hydrogen) atoms. The third-order valence-electron chi connectivity index (χ3n) is 3.19. The minimum Gasteiger partial charge on any atom is -0.463 e. The van der Waals surface area contributed by atoms with Crippen LogP contribution < -0.4 is 0 Å². The predicted molar refractivity (Wildman–Crippen MR) is 81.0 cm³/mol. The molecule has 1 aromatic carbocycles. The molecule has 0 bridgehead atoms. The molecule has 0 saturated carbocycles. The van der Waals surface area contributed by atoms with Gasteiger partial charge in [0.15, 0.2) is 5.82 Å². The minimum atomic E-state index is -4.42. The molecule has 5 nitrogen and oxygen atoms in total. The molecule has 9 heteroatoms. The first kappa shape index (κ1) is 16.2. The zero-order valence-electron chi connectivity index (χ0n) is 12.2. The molecule has 0 N–H and O–H groups in total. The Bertz CT molecular complexity index is 855. The van der Waals surface area contributed by atoms with Crippen LogP contribution in [0.2, 0.25) is 0 Å². The van der Waals surface area contributed by atoms with Gasteiger partial charge in [0.05, 0.1) is 18.4 Å². The molecule has 2 heterocycles. The summed E-state index contributed by atoms with van der Waals surface area (Å²) in [6.07, 6.45) is -4.42. The Kier molecular flexibility index (Phi) is 4.10. The van der Waals surface area contributed by atoms with Crippen LogP contribution in [0.1, 0.15) is 16.2 Å². The first-order valence-electron chi connectivity index (χ1n) is 6.65. The predicted octanol–water partition coefficient (Wildman–Crippen LogP) is 3.80. The zero-order valence-corrected chi connectivity index (χ0v) is 13.1. The van der Waals surface area contributed by atoms with Crippen molar-refractivity contribution >= 4 is 17.3 Å². The Labute approximate surface area is 138 Å². The smallest absolute Gasteiger partial charge is 0.416 e. The quantitative estimate of drug-likeness (QED) is 0.672. The number of carbonyl (C=O) groups is 1. The van der Waals surface area contributed by atoms with Crippen molar-refractivity contribution < 1.29 is 22.7 Å². The second-order valence-corrected chi connectivity index (χ2v) is 5.50. The highest BCUT2D eigenvalue weighted by molar-refractivity contribution is 7.08. The van der Waals surface area contributed by atoms with E-state index in [1.54, 1.807) is 11.4 Å². The molecular formula is C15H10F3N3O2S. The van der Waals surface area contributed by atoms with Gasteiger partial charge in [-0.3, -0.25) is 0 Å². The van der Waals surface area contributed by atoms with E-state index in [0.29, 0.717) is 17.1 Å². The van der Waals surface area contributed by atoms with Crippen LogP contribution in [0.3, 0.4) is 0 Å². The molecule has 0 aliphatic rings. The number of nitrogens with zero attached hydrogens (tertiary/aromatic N) is 3. The van der Waals surface area contributed by atoms with Gasteiger partial charge in [0.1, 0.15) is 0 Å². The van der Waals surface area contributed by atoms with Crippen LogP contribution >= 0.6 is 11.3 Å². The summed E-state index contributed by atoms with van der Waals surface area (Å²) in [4.78, 5) is 15.8. The molecule has 0 aliphatic heterocycles. The van der Waals surface area contributed by atoms with Crippen molar-refractivity contribution in [1.82, 2.24) is 14.8 Å². The molecule has 0 saturated heterocycles. The summed E-state index contributed by atoms with van der Waals surface area (Å²) in [6.45, 7) is 0. The summed E-state index contributed by atoms with van der Waals surface area (Å²) < 4.78 is 44.0. The van der Waals surface area contributed by atoms with E-state index in [1.807, 2.05) is 5.38 Å². The van der Waals surface area contributed by atoms with E-state index in [-0.39, 0.29) is 5.82 Å². The molecule has 0 fully saturated rings. The maximum atomic E-state index is 12.7. The largest absolute Gasteiger partial charge is 0.463 e. The average Bonchev–Trinajstić information content (AvgIpc) is 3.22. The lowest BCUT2D eigenvalue weighted by molar-refractivity contribution is -0.137. The first-order valence-corrected chi connectivity index (χ1v) is 7.60. The van der Waals surface area contributed by atoms with Gasteiger partial charge < -0.3 is 4.74 Å². The SMILES string of the molecule is COC(=O)c1nc(-c2ccsc2)n(-c2ccc(C(F)(F)F)cc2)n1. The highest BCUT2D eigenvalue weighted by atomic mass is 32.1. The maximum Gasteiger partial charge on any atom is 0.416 e. The van der Waals surface area contributed by atoms with Gasteiger partial charge in [0, 0.05) is 10.9 Å². The number of rotatable bonds is 3. The van der Waals surface area contributed by atoms with Gasteiger partial charge in [0.25, 0.3) is 5.82 Å². The number of thiophene rings is 1. The van der Waals surface area contributed by atoms with Gasteiger partial charge in [-0.05, 0) is 35.7 Å². The van der Waals surface area contributed by atoms with Crippen molar-refractivity contribution in [2.24, 2.45) is 0 Å². The summed E-state index contributed by atoms with van der Waals surface area (Å²) >= 11 is 1.42. The van der Waals surface area contributed by atoms with E-state index in [9.17, 15) is 18.0 Å². The number of aromatic nitrogens is 3. The molecule has 124 valence electrons. The van der Waals surface area contributed by atoms with Crippen LogP contribution in [0.25, 0.3) is 17.1 Å². The highest BCUT2D eigenvalue weighted by Crippen LogP contribution is 2.30. The number of ether oxygens (including phenoxy) is 1. The number of halogens is 3. The summed E-state index contributed by atoms with van der Waals surface area (Å²) in [5.41, 5.74) is 0.283. The standard InChI is InChI=1S/C15H10F3N3O2S/c1-23-14(22)12-19-13(9-6-7-24-8-9)21(20-12)11-4-2-10(3-5-11)15(16,17)18/h2-8H,1H3. The summed E-state index contributed by atoms with van der Waals surface area (Å²) in [7, 11) is 1.20. The lowest BCUT2D eigenvalue weighted by atomic mass is 10.2. The van der Waals surface area contributed by atoms with Crippen LogP contribution in [0.15, 0.2) is 41.1 Å².